The van der Waals surface area contributed by atoms with Crippen molar-refractivity contribution < 1.29 is 9.90 Å². The fourth-order valence-corrected chi connectivity index (χ4v) is 2.47. The monoisotopic (exact) mass is 322 g/mol. The molecule has 0 unspecified atom stereocenters. The zero-order valence-corrected chi connectivity index (χ0v) is 13.6. The summed E-state index contributed by atoms with van der Waals surface area (Å²) in [6, 6.07) is 21.0. The number of nitriles is 1. The second kappa shape index (κ2) is 9.49. The number of nitrogens with zero attached hydrogens (tertiary/aromatic N) is 1. The summed E-state index contributed by atoms with van der Waals surface area (Å²) in [5, 5.41) is 21.8. The van der Waals surface area contributed by atoms with Gasteiger partial charge in [0.2, 0.25) is 5.91 Å². The van der Waals surface area contributed by atoms with Gasteiger partial charge >= 0.3 is 0 Å². The van der Waals surface area contributed by atoms with E-state index < -0.39 is 18.1 Å². The maximum absolute atomic E-state index is 12.0. The predicted molar refractivity (Wildman–Crippen MR) is 93.1 cm³/mol. The van der Waals surface area contributed by atoms with Crippen molar-refractivity contribution in [2.24, 2.45) is 0 Å². The van der Waals surface area contributed by atoms with Crippen LogP contribution in [0.5, 0.6) is 0 Å². The molecule has 0 bridgehead atoms. The summed E-state index contributed by atoms with van der Waals surface area (Å²) >= 11 is 0. The number of hydrogen-bond acceptors (Lipinski definition) is 3. The van der Waals surface area contributed by atoms with Gasteiger partial charge in [-0.05, 0) is 36.8 Å². The van der Waals surface area contributed by atoms with Gasteiger partial charge in [0.05, 0.1) is 6.07 Å². The molecule has 0 fully saturated rings. The van der Waals surface area contributed by atoms with E-state index in [2.05, 4.69) is 11.4 Å². The Hall–Kier alpha value is -2.64. The third kappa shape index (κ3) is 5.86. The molecule has 0 aromatic heterocycles. The fourth-order valence-electron chi connectivity index (χ4n) is 2.47. The fraction of sp³-hybridized carbons (Fsp3) is 0.300. The number of hydrogen-bond donors (Lipinski definition) is 2. The van der Waals surface area contributed by atoms with Crippen LogP contribution in [0.25, 0.3) is 0 Å². The number of aryl methyl sites for hydroxylation is 2. The molecule has 0 aliphatic carbocycles. The van der Waals surface area contributed by atoms with Crippen LogP contribution >= 0.6 is 0 Å². The summed E-state index contributed by atoms with van der Waals surface area (Å²) in [5.74, 6) is -0.481. The van der Waals surface area contributed by atoms with Crippen LogP contribution in [0.2, 0.25) is 0 Å². The minimum Gasteiger partial charge on any atom is -0.383 e. The van der Waals surface area contributed by atoms with Gasteiger partial charge in [-0.25, -0.2) is 0 Å². The van der Waals surface area contributed by atoms with Crippen LogP contribution in [0, 0.1) is 11.3 Å². The Morgan fingerprint density at radius 3 is 1.96 bits per heavy atom. The molecule has 0 spiro atoms. The van der Waals surface area contributed by atoms with Crippen molar-refractivity contribution in [3.63, 3.8) is 0 Å². The molecule has 0 aliphatic heterocycles. The van der Waals surface area contributed by atoms with Gasteiger partial charge in [0.1, 0.15) is 12.1 Å². The summed E-state index contributed by atoms with van der Waals surface area (Å²) in [4.78, 5) is 12.0. The molecule has 0 radical (unpaired) electrons. The lowest BCUT2D eigenvalue weighted by atomic mass is 10.0. The van der Waals surface area contributed by atoms with Crippen molar-refractivity contribution in [1.82, 2.24) is 5.32 Å². The average Bonchev–Trinajstić information content (AvgIpc) is 2.64. The first-order valence-electron chi connectivity index (χ1n) is 8.15. The molecule has 2 N–H and O–H groups in total. The van der Waals surface area contributed by atoms with Gasteiger partial charge in [0.25, 0.3) is 0 Å². The molecule has 2 rings (SSSR count). The van der Waals surface area contributed by atoms with E-state index in [9.17, 15) is 15.2 Å². The highest BCUT2D eigenvalue weighted by molar-refractivity contribution is 5.81. The van der Waals surface area contributed by atoms with Gasteiger partial charge in [-0.15, -0.1) is 0 Å². The molecule has 1 amide bonds. The van der Waals surface area contributed by atoms with E-state index in [1.807, 2.05) is 60.7 Å². The second-order valence-corrected chi connectivity index (χ2v) is 5.75. The number of aliphatic hydroxyl groups is 1. The number of carbonyl (C=O) groups is 1. The molecular weight excluding hydrogens is 300 g/mol. The quantitative estimate of drug-likeness (QED) is 0.784. The predicted octanol–water partition coefficient (Wildman–Crippen LogP) is 2.62. The normalized spacial score (nSPS) is 12.8. The zero-order chi connectivity index (χ0) is 17.2. The Kier molecular flexibility index (Phi) is 7.00. The number of rotatable bonds is 8. The van der Waals surface area contributed by atoms with E-state index in [0.717, 1.165) is 11.1 Å². The van der Waals surface area contributed by atoms with E-state index >= 15 is 0 Å². The Morgan fingerprint density at radius 2 is 1.46 bits per heavy atom. The average molecular weight is 322 g/mol. The van der Waals surface area contributed by atoms with Gasteiger partial charge in [0, 0.05) is 0 Å². The van der Waals surface area contributed by atoms with Gasteiger partial charge in [-0.2, -0.15) is 5.26 Å². The maximum Gasteiger partial charge on any atom is 0.249 e. The first-order valence-corrected chi connectivity index (χ1v) is 8.15. The lowest BCUT2D eigenvalue weighted by Gasteiger charge is -2.15. The van der Waals surface area contributed by atoms with E-state index in [1.54, 1.807) is 0 Å². The highest BCUT2D eigenvalue weighted by Crippen LogP contribution is 2.07. The van der Waals surface area contributed by atoms with Gasteiger partial charge in [0.15, 0.2) is 0 Å². The molecule has 2 aromatic carbocycles. The Bertz CT molecular complexity index is 665. The smallest absolute Gasteiger partial charge is 0.249 e. The molecule has 2 aromatic rings. The molecule has 124 valence electrons. The summed E-state index contributed by atoms with van der Waals surface area (Å²) in [6.45, 7) is 0. The lowest BCUT2D eigenvalue weighted by Crippen LogP contribution is -2.41. The van der Waals surface area contributed by atoms with Crippen LogP contribution in [0.4, 0.5) is 0 Å². The summed E-state index contributed by atoms with van der Waals surface area (Å²) in [6.07, 6.45) is 1.10. The maximum atomic E-state index is 12.0. The second-order valence-electron chi connectivity index (χ2n) is 5.75. The summed E-state index contributed by atoms with van der Waals surface area (Å²) in [5.41, 5.74) is 2.20. The largest absolute Gasteiger partial charge is 0.383 e. The molecule has 0 saturated carbocycles. The first kappa shape index (κ1) is 17.7. The standard InChI is InChI=1S/C20H22N2O2/c21-15-18(13-11-16-7-3-1-4-8-16)22-20(24)19(23)14-12-17-9-5-2-6-10-17/h1-10,18-19,23H,11-14H2,(H,22,24)/t18-,19-/m0/s1. The van der Waals surface area contributed by atoms with Crippen molar-refractivity contribution in [2.75, 3.05) is 0 Å². The minimum atomic E-state index is -1.10. The van der Waals surface area contributed by atoms with Crippen molar-refractivity contribution in [1.29, 1.82) is 5.26 Å². The molecule has 24 heavy (non-hydrogen) atoms. The van der Waals surface area contributed by atoms with E-state index in [1.165, 1.54) is 0 Å². The minimum absolute atomic E-state index is 0.340. The first-order chi connectivity index (χ1) is 11.7. The number of aliphatic hydroxyl groups excluding tert-OH is 1. The Balaban J connectivity index is 1.77. The van der Waals surface area contributed by atoms with Crippen LogP contribution < -0.4 is 5.32 Å². The van der Waals surface area contributed by atoms with E-state index in [-0.39, 0.29) is 0 Å². The number of nitrogens with one attached hydrogen (secondary N) is 1. The van der Waals surface area contributed by atoms with Crippen molar-refractivity contribution in [2.45, 2.75) is 37.8 Å². The van der Waals surface area contributed by atoms with E-state index in [4.69, 9.17) is 0 Å². The molecule has 0 saturated heterocycles. The van der Waals surface area contributed by atoms with Crippen LogP contribution in [0.3, 0.4) is 0 Å². The molecule has 4 heteroatoms. The van der Waals surface area contributed by atoms with Gasteiger partial charge in [-0.3, -0.25) is 4.79 Å². The number of benzene rings is 2. The molecule has 0 heterocycles. The summed E-state index contributed by atoms with van der Waals surface area (Å²) in [7, 11) is 0. The molecule has 0 aliphatic rings. The van der Waals surface area contributed by atoms with Gasteiger partial charge in [-0.1, -0.05) is 60.7 Å². The van der Waals surface area contributed by atoms with Gasteiger partial charge < -0.3 is 10.4 Å². The van der Waals surface area contributed by atoms with Crippen molar-refractivity contribution in [3.05, 3.63) is 71.8 Å². The number of amides is 1. The Labute approximate surface area is 142 Å². The SMILES string of the molecule is N#C[C@H](CCc1ccccc1)NC(=O)[C@@H](O)CCc1ccccc1. The van der Waals surface area contributed by atoms with E-state index in [0.29, 0.717) is 25.7 Å². The van der Waals surface area contributed by atoms with Crippen LogP contribution in [-0.4, -0.2) is 23.2 Å². The highest BCUT2D eigenvalue weighted by Gasteiger charge is 2.18. The van der Waals surface area contributed by atoms with Crippen molar-refractivity contribution in [3.8, 4) is 6.07 Å². The topological polar surface area (TPSA) is 73.1 Å². The van der Waals surface area contributed by atoms with Crippen LogP contribution in [-0.2, 0) is 17.6 Å². The summed E-state index contributed by atoms with van der Waals surface area (Å²) < 4.78 is 0. The zero-order valence-electron chi connectivity index (χ0n) is 13.6. The third-order valence-electron chi connectivity index (χ3n) is 3.89. The highest BCUT2D eigenvalue weighted by atomic mass is 16.3. The van der Waals surface area contributed by atoms with Crippen LogP contribution in [0.1, 0.15) is 24.0 Å². The number of carbonyl (C=O) groups excluding carboxylic acids is 1. The molecule has 4 nitrogen and oxygen atoms in total. The Morgan fingerprint density at radius 1 is 0.958 bits per heavy atom. The molecular formula is C20H22N2O2. The molecule has 2 atom stereocenters. The lowest BCUT2D eigenvalue weighted by molar-refractivity contribution is -0.130. The third-order valence-corrected chi connectivity index (χ3v) is 3.89. The van der Waals surface area contributed by atoms with Crippen LogP contribution in [0.15, 0.2) is 60.7 Å². The van der Waals surface area contributed by atoms with Crippen molar-refractivity contribution >= 4 is 5.91 Å².